The van der Waals surface area contributed by atoms with Crippen LogP contribution in [0, 0.1) is 5.92 Å². The van der Waals surface area contributed by atoms with E-state index in [0.717, 1.165) is 36.6 Å². The highest BCUT2D eigenvalue weighted by atomic mass is 35.5. The summed E-state index contributed by atoms with van der Waals surface area (Å²) in [4.78, 5) is 16.2. The second kappa shape index (κ2) is 10.1. The van der Waals surface area contributed by atoms with Gasteiger partial charge in [-0.2, -0.15) is 0 Å². The van der Waals surface area contributed by atoms with Crippen molar-refractivity contribution in [2.45, 2.75) is 43.6 Å². The fraction of sp³-hybridized carbons (Fsp3) is 0.600. The molecule has 1 aliphatic rings. The molecule has 0 aromatic carbocycles. The number of nitrogens with zero attached hydrogens (tertiary/aromatic N) is 1. The SMILES string of the molecule is Cl.O=C(NCCCSc1ccccn1)C1CCCCC1. The standard InChI is InChI=1S/C15H22N2OS.ClH/c18-15(13-7-2-1-3-8-13)17-11-6-12-19-14-9-4-5-10-16-14;/h4-5,9-10,13H,1-3,6-8,11-12H2,(H,17,18);1H. The highest BCUT2D eigenvalue weighted by Crippen LogP contribution is 2.23. The van der Waals surface area contributed by atoms with Gasteiger partial charge in [-0.25, -0.2) is 4.98 Å². The number of aromatic nitrogens is 1. The van der Waals surface area contributed by atoms with E-state index < -0.39 is 0 Å². The quantitative estimate of drug-likeness (QED) is 0.643. The lowest BCUT2D eigenvalue weighted by molar-refractivity contribution is -0.125. The molecular formula is C15H23ClN2OS. The lowest BCUT2D eigenvalue weighted by atomic mass is 9.89. The third kappa shape index (κ3) is 6.14. The highest BCUT2D eigenvalue weighted by molar-refractivity contribution is 7.99. The lowest BCUT2D eigenvalue weighted by Crippen LogP contribution is -2.32. The molecule has 1 N–H and O–H groups in total. The van der Waals surface area contributed by atoms with E-state index in [0.29, 0.717) is 0 Å². The molecule has 20 heavy (non-hydrogen) atoms. The number of amides is 1. The van der Waals surface area contributed by atoms with Crippen LogP contribution in [0.25, 0.3) is 0 Å². The molecule has 1 aliphatic carbocycles. The van der Waals surface area contributed by atoms with E-state index in [-0.39, 0.29) is 24.2 Å². The monoisotopic (exact) mass is 314 g/mol. The molecule has 1 fully saturated rings. The Labute approximate surface area is 131 Å². The van der Waals surface area contributed by atoms with Gasteiger partial charge in [-0.3, -0.25) is 4.79 Å². The molecule has 1 aromatic rings. The van der Waals surface area contributed by atoms with Crippen molar-refractivity contribution in [1.29, 1.82) is 0 Å². The summed E-state index contributed by atoms with van der Waals surface area (Å²) in [5.41, 5.74) is 0. The van der Waals surface area contributed by atoms with Gasteiger partial charge in [0.15, 0.2) is 0 Å². The minimum absolute atomic E-state index is 0. The Bertz CT molecular complexity index is 383. The van der Waals surface area contributed by atoms with Crippen LogP contribution in [0.4, 0.5) is 0 Å². The zero-order valence-electron chi connectivity index (χ0n) is 11.7. The van der Waals surface area contributed by atoms with E-state index in [9.17, 15) is 4.79 Å². The van der Waals surface area contributed by atoms with Crippen LogP contribution in [0.1, 0.15) is 38.5 Å². The molecule has 112 valence electrons. The van der Waals surface area contributed by atoms with Crippen molar-refractivity contribution in [2.75, 3.05) is 12.3 Å². The van der Waals surface area contributed by atoms with Gasteiger partial charge in [-0.15, -0.1) is 24.2 Å². The summed E-state index contributed by atoms with van der Waals surface area (Å²) in [6.07, 6.45) is 8.70. The number of hydrogen-bond donors (Lipinski definition) is 1. The highest BCUT2D eigenvalue weighted by Gasteiger charge is 2.20. The van der Waals surface area contributed by atoms with E-state index in [1.54, 1.807) is 11.8 Å². The van der Waals surface area contributed by atoms with Crippen LogP contribution in [-0.2, 0) is 4.79 Å². The molecule has 0 spiro atoms. The second-order valence-corrected chi connectivity index (χ2v) is 6.11. The maximum Gasteiger partial charge on any atom is 0.223 e. The summed E-state index contributed by atoms with van der Waals surface area (Å²) in [7, 11) is 0. The third-order valence-electron chi connectivity index (χ3n) is 3.48. The van der Waals surface area contributed by atoms with Crippen molar-refractivity contribution >= 4 is 30.1 Å². The number of halogens is 1. The molecule has 5 heteroatoms. The number of nitrogens with one attached hydrogen (secondary N) is 1. The Morgan fingerprint density at radius 2 is 2.10 bits per heavy atom. The molecule has 0 aliphatic heterocycles. The number of pyridine rings is 1. The van der Waals surface area contributed by atoms with Gasteiger partial charge in [-0.1, -0.05) is 25.3 Å². The maximum absolute atomic E-state index is 11.9. The first kappa shape index (κ1) is 17.3. The minimum Gasteiger partial charge on any atom is -0.356 e. The van der Waals surface area contributed by atoms with E-state index in [1.807, 2.05) is 24.4 Å². The molecule has 0 unspecified atom stereocenters. The summed E-state index contributed by atoms with van der Waals surface area (Å²) in [6.45, 7) is 0.787. The predicted molar refractivity (Wildman–Crippen MR) is 86.4 cm³/mol. The Hall–Kier alpha value is -0.740. The van der Waals surface area contributed by atoms with Gasteiger partial charge in [0.1, 0.15) is 0 Å². The number of carbonyl (C=O) groups excluding carboxylic acids is 1. The average molecular weight is 315 g/mol. The number of rotatable bonds is 6. The van der Waals surface area contributed by atoms with Crippen molar-refractivity contribution in [1.82, 2.24) is 10.3 Å². The van der Waals surface area contributed by atoms with Gasteiger partial charge in [0.05, 0.1) is 5.03 Å². The molecule has 1 saturated carbocycles. The van der Waals surface area contributed by atoms with E-state index in [2.05, 4.69) is 10.3 Å². The molecule has 1 aromatic heterocycles. The van der Waals surface area contributed by atoms with Crippen LogP contribution in [-0.4, -0.2) is 23.2 Å². The first-order chi connectivity index (χ1) is 9.36. The Morgan fingerprint density at radius 1 is 1.30 bits per heavy atom. The fourth-order valence-electron chi connectivity index (χ4n) is 2.40. The van der Waals surface area contributed by atoms with Crippen LogP contribution >= 0.6 is 24.2 Å². The molecule has 1 amide bonds. The first-order valence-corrected chi connectivity index (χ1v) is 8.16. The largest absolute Gasteiger partial charge is 0.356 e. The van der Waals surface area contributed by atoms with Crippen molar-refractivity contribution < 1.29 is 4.79 Å². The van der Waals surface area contributed by atoms with Crippen molar-refractivity contribution in [3.05, 3.63) is 24.4 Å². The molecule has 2 rings (SSSR count). The molecule has 0 atom stereocenters. The van der Waals surface area contributed by atoms with E-state index >= 15 is 0 Å². The molecule has 3 nitrogen and oxygen atoms in total. The smallest absolute Gasteiger partial charge is 0.223 e. The van der Waals surface area contributed by atoms with Crippen LogP contribution in [0.3, 0.4) is 0 Å². The Balaban J connectivity index is 0.00000200. The summed E-state index contributed by atoms with van der Waals surface area (Å²) >= 11 is 1.75. The molecule has 0 bridgehead atoms. The lowest BCUT2D eigenvalue weighted by Gasteiger charge is -2.20. The van der Waals surface area contributed by atoms with Gasteiger partial charge in [0.2, 0.25) is 5.91 Å². The van der Waals surface area contributed by atoms with Crippen LogP contribution in [0.15, 0.2) is 29.4 Å². The average Bonchev–Trinajstić information content (AvgIpc) is 2.49. The number of thioether (sulfide) groups is 1. The van der Waals surface area contributed by atoms with Crippen molar-refractivity contribution in [3.63, 3.8) is 0 Å². The number of carbonyl (C=O) groups is 1. The van der Waals surface area contributed by atoms with Gasteiger partial charge in [0.25, 0.3) is 0 Å². The van der Waals surface area contributed by atoms with E-state index in [1.165, 1.54) is 19.3 Å². The third-order valence-corrected chi connectivity index (χ3v) is 4.51. The summed E-state index contributed by atoms with van der Waals surface area (Å²) in [6, 6.07) is 5.94. The van der Waals surface area contributed by atoms with Crippen LogP contribution < -0.4 is 5.32 Å². The van der Waals surface area contributed by atoms with Crippen LogP contribution in [0.5, 0.6) is 0 Å². The predicted octanol–water partition coefficient (Wildman–Crippen LogP) is 3.68. The Morgan fingerprint density at radius 3 is 2.80 bits per heavy atom. The van der Waals surface area contributed by atoms with E-state index in [4.69, 9.17) is 0 Å². The van der Waals surface area contributed by atoms with Gasteiger partial charge in [0, 0.05) is 24.4 Å². The summed E-state index contributed by atoms with van der Waals surface area (Å²) in [5, 5.41) is 4.12. The fourth-order valence-corrected chi connectivity index (χ4v) is 3.21. The zero-order chi connectivity index (χ0) is 13.3. The van der Waals surface area contributed by atoms with Gasteiger partial charge < -0.3 is 5.32 Å². The molecule has 0 radical (unpaired) electrons. The molecule has 1 heterocycles. The first-order valence-electron chi connectivity index (χ1n) is 7.18. The topological polar surface area (TPSA) is 42.0 Å². The van der Waals surface area contributed by atoms with Crippen molar-refractivity contribution in [3.8, 4) is 0 Å². The number of hydrogen-bond acceptors (Lipinski definition) is 3. The molecule has 0 saturated heterocycles. The molecular weight excluding hydrogens is 292 g/mol. The zero-order valence-corrected chi connectivity index (χ0v) is 13.3. The Kier molecular flexibility index (Phi) is 8.70. The summed E-state index contributed by atoms with van der Waals surface area (Å²) < 4.78 is 0. The summed E-state index contributed by atoms with van der Waals surface area (Å²) in [5.74, 6) is 1.54. The normalized spacial score (nSPS) is 15.4. The van der Waals surface area contributed by atoms with Crippen LogP contribution in [0.2, 0.25) is 0 Å². The van der Waals surface area contributed by atoms with Gasteiger partial charge >= 0.3 is 0 Å². The second-order valence-electron chi connectivity index (χ2n) is 5.00. The minimum atomic E-state index is 0. The van der Waals surface area contributed by atoms with Gasteiger partial charge in [-0.05, 0) is 31.4 Å². The van der Waals surface area contributed by atoms with Crippen molar-refractivity contribution in [2.24, 2.45) is 5.92 Å². The maximum atomic E-state index is 11.9.